The van der Waals surface area contributed by atoms with E-state index in [1.807, 2.05) is 48.6 Å². The molecule has 88 valence electrons. The molecule has 0 bridgehead atoms. The average Bonchev–Trinajstić information content (AvgIpc) is 2.39. The summed E-state index contributed by atoms with van der Waals surface area (Å²) in [6.07, 6.45) is 12.2. The second-order valence-corrected chi connectivity index (χ2v) is 3.47. The molecule has 0 atom stereocenters. The lowest BCUT2D eigenvalue weighted by Crippen LogP contribution is -2.19. The second-order valence-electron chi connectivity index (χ2n) is 3.47. The summed E-state index contributed by atoms with van der Waals surface area (Å²) < 4.78 is 0. The average molecular weight is 226 g/mol. The minimum Gasteiger partial charge on any atom is -0.324 e. The van der Waals surface area contributed by atoms with Crippen LogP contribution in [0.1, 0.15) is 5.56 Å². The third kappa shape index (κ3) is 5.54. The molecule has 0 saturated carbocycles. The largest absolute Gasteiger partial charge is 0.324 e. The first-order chi connectivity index (χ1) is 8.36. The van der Waals surface area contributed by atoms with Crippen LogP contribution >= 0.6 is 0 Å². The van der Waals surface area contributed by atoms with Gasteiger partial charge in [-0.3, -0.25) is 5.84 Å². The highest BCUT2D eigenvalue weighted by molar-refractivity contribution is 5.25. The molecule has 0 saturated heterocycles. The van der Waals surface area contributed by atoms with Crippen LogP contribution in [0.25, 0.3) is 0 Å². The van der Waals surface area contributed by atoms with Crippen LogP contribution in [0.4, 0.5) is 0 Å². The smallest absolute Gasteiger partial charge is 0.0448 e. The van der Waals surface area contributed by atoms with E-state index in [0.717, 1.165) is 12.1 Å². The number of hydrazine groups is 1. The Morgan fingerprint density at radius 3 is 2.59 bits per heavy atom. The van der Waals surface area contributed by atoms with Crippen molar-refractivity contribution in [2.75, 3.05) is 0 Å². The number of nitrogens with one attached hydrogen (secondary N) is 1. The SMILES string of the molecule is C=C\C=C/C=C\C(=C\Cc1ccccc1)NN. The van der Waals surface area contributed by atoms with Gasteiger partial charge in [-0.1, -0.05) is 67.3 Å². The summed E-state index contributed by atoms with van der Waals surface area (Å²) in [7, 11) is 0. The van der Waals surface area contributed by atoms with Gasteiger partial charge in [0.25, 0.3) is 0 Å². The van der Waals surface area contributed by atoms with Gasteiger partial charge in [-0.2, -0.15) is 0 Å². The van der Waals surface area contributed by atoms with Crippen molar-refractivity contribution >= 4 is 0 Å². The van der Waals surface area contributed by atoms with Crippen LogP contribution in [-0.4, -0.2) is 0 Å². The highest BCUT2D eigenvalue weighted by Gasteiger charge is 1.89. The third-order valence-electron chi connectivity index (χ3n) is 2.20. The van der Waals surface area contributed by atoms with Crippen molar-refractivity contribution in [2.24, 2.45) is 5.84 Å². The zero-order chi connectivity index (χ0) is 12.3. The Hall–Kier alpha value is -2.06. The zero-order valence-electron chi connectivity index (χ0n) is 9.84. The number of allylic oxidation sites excluding steroid dienone is 6. The molecule has 2 heteroatoms. The molecule has 0 spiro atoms. The molecule has 1 aromatic carbocycles. The van der Waals surface area contributed by atoms with Gasteiger partial charge in [-0.25, -0.2) is 0 Å². The van der Waals surface area contributed by atoms with Crippen LogP contribution in [-0.2, 0) is 6.42 Å². The quantitative estimate of drug-likeness (QED) is 0.444. The van der Waals surface area contributed by atoms with Crippen molar-refractivity contribution in [2.45, 2.75) is 6.42 Å². The number of rotatable bonds is 6. The monoisotopic (exact) mass is 226 g/mol. The number of nitrogens with two attached hydrogens (primary N) is 1. The van der Waals surface area contributed by atoms with Gasteiger partial charge in [0, 0.05) is 5.70 Å². The highest BCUT2D eigenvalue weighted by Crippen LogP contribution is 2.02. The van der Waals surface area contributed by atoms with Gasteiger partial charge in [-0.15, -0.1) is 0 Å². The van der Waals surface area contributed by atoms with E-state index in [1.54, 1.807) is 6.08 Å². The second kappa shape index (κ2) is 8.13. The van der Waals surface area contributed by atoms with E-state index >= 15 is 0 Å². The molecule has 17 heavy (non-hydrogen) atoms. The molecule has 0 aliphatic rings. The molecule has 0 aliphatic carbocycles. The molecule has 2 nitrogen and oxygen atoms in total. The highest BCUT2D eigenvalue weighted by atomic mass is 15.2. The first-order valence-electron chi connectivity index (χ1n) is 5.53. The lowest BCUT2D eigenvalue weighted by Gasteiger charge is -2.00. The van der Waals surface area contributed by atoms with Gasteiger partial charge in [0.1, 0.15) is 0 Å². The fourth-order valence-electron chi connectivity index (χ4n) is 1.32. The lowest BCUT2D eigenvalue weighted by atomic mass is 10.1. The van der Waals surface area contributed by atoms with Crippen LogP contribution in [0.3, 0.4) is 0 Å². The Morgan fingerprint density at radius 1 is 1.18 bits per heavy atom. The minimum absolute atomic E-state index is 0.857. The van der Waals surface area contributed by atoms with E-state index in [9.17, 15) is 0 Å². The predicted molar refractivity (Wildman–Crippen MR) is 74.0 cm³/mol. The summed E-state index contributed by atoms with van der Waals surface area (Å²) in [4.78, 5) is 0. The van der Waals surface area contributed by atoms with E-state index in [0.29, 0.717) is 0 Å². The first kappa shape index (κ1) is 13.0. The molecule has 0 radical (unpaired) electrons. The van der Waals surface area contributed by atoms with Gasteiger partial charge in [0.05, 0.1) is 0 Å². The van der Waals surface area contributed by atoms with Crippen LogP contribution in [0.5, 0.6) is 0 Å². The molecule has 0 heterocycles. The summed E-state index contributed by atoms with van der Waals surface area (Å²) >= 11 is 0. The molecular formula is C15H18N2. The first-order valence-corrected chi connectivity index (χ1v) is 5.53. The topological polar surface area (TPSA) is 38.0 Å². The minimum atomic E-state index is 0.857. The van der Waals surface area contributed by atoms with Crippen molar-refractivity contribution in [3.63, 3.8) is 0 Å². The van der Waals surface area contributed by atoms with Gasteiger partial charge in [0.2, 0.25) is 0 Å². The molecule has 3 N–H and O–H groups in total. The van der Waals surface area contributed by atoms with Gasteiger partial charge in [0.15, 0.2) is 0 Å². The Balaban J connectivity index is 2.58. The maximum Gasteiger partial charge on any atom is 0.0448 e. The Kier molecular flexibility index (Phi) is 6.22. The summed E-state index contributed by atoms with van der Waals surface area (Å²) in [5.74, 6) is 5.44. The predicted octanol–water partition coefficient (Wildman–Crippen LogP) is 2.87. The van der Waals surface area contributed by atoms with E-state index in [2.05, 4.69) is 24.1 Å². The Morgan fingerprint density at radius 2 is 1.94 bits per heavy atom. The Bertz CT molecular complexity index is 414. The molecule has 0 aliphatic heterocycles. The molecule has 0 aromatic heterocycles. The number of hydrogen-bond acceptors (Lipinski definition) is 2. The molecular weight excluding hydrogens is 208 g/mol. The normalized spacial score (nSPS) is 12.2. The van der Waals surface area contributed by atoms with Crippen LogP contribution in [0.2, 0.25) is 0 Å². The molecule has 1 aromatic rings. The summed E-state index contributed by atoms with van der Waals surface area (Å²) in [6, 6.07) is 10.2. The van der Waals surface area contributed by atoms with Crippen molar-refractivity contribution in [1.82, 2.24) is 5.43 Å². The molecule has 0 amide bonds. The molecule has 1 rings (SSSR count). The molecule has 0 fully saturated rings. The summed E-state index contributed by atoms with van der Waals surface area (Å²) in [5, 5.41) is 0. The van der Waals surface area contributed by atoms with Crippen molar-refractivity contribution in [3.05, 3.63) is 84.6 Å². The van der Waals surface area contributed by atoms with Crippen LogP contribution in [0.15, 0.2) is 79.1 Å². The van der Waals surface area contributed by atoms with Gasteiger partial charge < -0.3 is 5.43 Å². The maximum atomic E-state index is 5.44. The van der Waals surface area contributed by atoms with Crippen molar-refractivity contribution < 1.29 is 0 Å². The fourth-order valence-corrected chi connectivity index (χ4v) is 1.32. The van der Waals surface area contributed by atoms with Crippen LogP contribution in [0, 0.1) is 0 Å². The number of hydrogen-bond donors (Lipinski definition) is 2. The van der Waals surface area contributed by atoms with E-state index < -0.39 is 0 Å². The van der Waals surface area contributed by atoms with E-state index in [4.69, 9.17) is 5.84 Å². The summed E-state index contributed by atoms with van der Waals surface area (Å²) in [6.45, 7) is 3.60. The van der Waals surface area contributed by atoms with E-state index in [-0.39, 0.29) is 0 Å². The van der Waals surface area contributed by atoms with Crippen molar-refractivity contribution in [1.29, 1.82) is 0 Å². The zero-order valence-corrected chi connectivity index (χ0v) is 9.84. The van der Waals surface area contributed by atoms with E-state index in [1.165, 1.54) is 5.56 Å². The maximum absolute atomic E-state index is 5.44. The standard InChI is InChI=1S/C15H18N2/c1-2-3-4-8-11-15(17-16)13-12-14-9-6-5-7-10-14/h2-11,13,17H,1,12,16H2/b4-3-,11-8-,15-13-. The fraction of sp³-hybridized carbons (Fsp3) is 0.0667. The van der Waals surface area contributed by atoms with Gasteiger partial charge >= 0.3 is 0 Å². The van der Waals surface area contributed by atoms with Crippen molar-refractivity contribution in [3.8, 4) is 0 Å². The number of benzene rings is 1. The third-order valence-corrected chi connectivity index (χ3v) is 2.20. The molecule has 0 unspecified atom stereocenters. The van der Waals surface area contributed by atoms with Crippen LogP contribution < -0.4 is 11.3 Å². The lowest BCUT2D eigenvalue weighted by molar-refractivity contribution is 0.907. The van der Waals surface area contributed by atoms with Gasteiger partial charge in [-0.05, 0) is 18.1 Å². The Labute approximate surface area is 103 Å². The summed E-state index contributed by atoms with van der Waals surface area (Å²) in [5.41, 5.74) is 4.81.